The minimum atomic E-state index is -4.71. The fraction of sp³-hybridized carbons (Fsp3) is 0.404. The van der Waals surface area contributed by atoms with Crippen LogP contribution in [0.2, 0.25) is 0 Å². The number of ether oxygens (including phenoxy) is 4. The van der Waals surface area contributed by atoms with Crippen molar-refractivity contribution >= 4 is 55.4 Å². The number of anilines is 4. The summed E-state index contributed by atoms with van der Waals surface area (Å²) >= 11 is 0. The Labute approximate surface area is 410 Å². The molecule has 368 valence electrons. The molecule has 8 heterocycles. The second-order valence-corrected chi connectivity index (χ2v) is 21.5. The number of pyridine rings is 2. The first kappa shape index (κ1) is 45.3. The smallest absolute Gasteiger partial charge is 0.297 e. The molecule has 0 unspecified atom stereocenters. The molecule has 19 heteroatoms. The van der Waals surface area contributed by atoms with Crippen LogP contribution in [-0.2, 0) is 25.9 Å². The molecule has 6 aliphatic rings. The number of nitrogens with one attached hydrogen (secondary N) is 3. The Kier molecular flexibility index (Phi) is 11.6. The number of carbonyl (C=O) groups excluding carboxylic acids is 1. The lowest BCUT2D eigenvalue weighted by molar-refractivity contribution is -0.384. The molecule has 4 fully saturated rings. The summed E-state index contributed by atoms with van der Waals surface area (Å²) in [5, 5.41) is 16.5. The summed E-state index contributed by atoms with van der Waals surface area (Å²) in [4.78, 5) is 45.6. The van der Waals surface area contributed by atoms with Crippen LogP contribution in [0.25, 0.3) is 11.0 Å². The number of hydrogen-bond donors (Lipinski definition) is 3. The summed E-state index contributed by atoms with van der Waals surface area (Å²) in [5.41, 5.74) is 5.95. The Morgan fingerprint density at radius 3 is 2.59 bits per heavy atom. The molecule has 1 spiro atoms. The van der Waals surface area contributed by atoms with Crippen LogP contribution in [0.15, 0.2) is 102 Å². The summed E-state index contributed by atoms with van der Waals surface area (Å²) in [6, 6.07) is 25.8. The number of hydrogen-bond acceptors (Lipinski definition) is 15. The maximum absolute atomic E-state index is 14.8. The molecule has 4 atom stereocenters. The SMILES string of the molecule is Cc1ccccc1[C@@H]1COCCN1C1CC2(CCN(c3ccc(C(=O)NS(=O)(=O)c4cc5c(c([N+](=O)[O-])c4)N[C@H](Cc4ccccn4)CO5)c(N4c5cc6cc[nH]c6nc5O[C@H]5COCC[C@@H]54)c3)CC2)C1. The van der Waals surface area contributed by atoms with Gasteiger partial charge in [-0.1, -0.05) is 30.3 Å². The first-order valence-electron chi connectivity index (χ1n) is 24.5. The summed E-state index contributed by atoms with van der Waals surface area (Å²) in [5.74, 6) is -0.557. The van der Waals surface area contributed by atoms with Crippen molar-refractivity contribution in [2.45, 2.75) is 80.6 Å². The van der Waals surface area contributed by atoms with Crippen molar-refractivity contribution in [2.24, 2.45) is 5.41 Å². The average Bonchev–Trinajstić information content (AvgIpc) is 3.84. The third-order valence-electron chi connectivity index (χ3n) is 15.6. The predicted molar refractivity (Wildman–Crippen MR) is 265 cm³/mol. The van der Waals surface area contributed by atoms with Gasteiger partial charge in [-0.25, -0.2) is 13.1 Å². The van der Waals surface area contributed by atoms with Crippen LogP contribution in [0, 0.1) is 22.5 Å². The fourth-order valence-corrected chi connectivity index (χ4v) is 12.9. The molecule has 3 aromatic carbocycles. The van der Waals surface area contributed by atoms with Gasteiger partial charge in [0.05, 0.1) is 59.0 Å². The van der Waals surface area contributed by atoms with Crippen molar-refractivity contribution in [3.8, 4) is 11.6 Å². The number of carbonyl (C=O) groups is 1. The van der Waals surface area contributed by atoms with Crippen LogP contribution in [0.1, 0.15) is 65.3 Å². The number of H-pyrrole nitrogens is 1. The highest BCUT2D eigenvalue weighted by atomic mass is 32.2. The van der Waals surface area contributed by atoms with E-state index in [0.29, 0.717) is 61.6 Å². The molecule has 3 N–H and O–H groups in total. The summed E-state index contributed by atoms with van der Waals surface area (Å²) in [6.07, 6.45) is 8.34. The molecular formula is C52H55N9O9S. The maximum atomic E-state index is 14.8. The second kappa shape index (κ2) is 18.1. The van der Waals surface area contributed by atoms with E-state index in [1.165, 1.54) is 17.2 Å². The number of aromatic nitrogens is 3. The summed E-state index contributed by atoms with van der Waals surface area (Å²) in [6.45, 7) is 7.05. The van der Waals surface area contributed by atoms with Crippen LogP contribution in [-0.4, -0.2) is 116 Å². The van der Waals surface area contributed by atoms with Gasteiger partial charge in [-0.15, -0.1) is 0 Å². The number of sulfonamides is 1. The van der Waals surface area contributed by atoms with E-state index in [-0.39, 0.29) is 47.1 Å². The Morgan fingerprint density at radius 2 is 1.77 bits per heavy atom. The Morgan fingerprint density at radius 1 is 0.944 bits per heavy atom. The maximum Gasteiger partial charge on any atom is 0.297 e. The Hall–Kier alpha value is -6.80. The number of aromatic amines is 1. The Bertz CT molecular complexity index is 3140. The minimum absolute atomic E-state index is 0.0123. The number of rotatable bonds is 10. The van der Waals surface area contributed by atoms with E-state index < -0.39 is 37.5 Å². The van der Waals surface area contributed by atoms with Gasteiger partial charge >= 0.3 is 0 Å². The van der Waals surface area contributed by atoms with Crippen molar-refractivity contribution in [1.29, 1.82) is 0 Å². The van der Waals surface area contributed by atoms with Gasteiger partial charge in [0.1, 0.15) is 24.0 Å². The first-order valence-corrected chi connectivity index (χ1v) is 26.0. The average molecular weight is 982 g/mol. The molecule has 12 rings (SSSR count). The zero-order chi connectivity index (χ0) is 48.4. The molecule has 0 radical (unpaired) electrons. The van der Waals surface area contributed by atoms with E-state index in [4.69, 9.17) is 23.9 Å². The van der Waals surface area contributed by atoms with Crippen molar-refractivity contribution in [3.05, 3.63) is 130 Å². The lowest BCUT2D eigenvalue weighted by atomic mass is 9.59. The van der Waals surface area contributed by atoms with Gasteiger partial charge in [0, 0.05) is 80.0 Å². The fourth-order valence-electron chi connectivity index (χ4n) is 11.9. The quantitative estimate of drug-likeness (QED) is 0.0915. The highest BCUT2D eigenvalue weighted by molar-refractivity contribution is 7.90. The van der Waals surface area contributed by atoms with Crippen molar-refractivity contribution in [1.82, 2.24) is 24.6 Å². The zero-order valence-corrected chi connectivity index (χ0v) is 40.1. The van der Waals surface area contributed by atoms with E-state index in [1.54, 1.807) is 24.5 Å². The van der Waals surface area contributed by atoms with Gasteiger partial charge in [-0.2, -0.15) is 4.98 Å². The van der Waals surface area contributed by atoms with Gasteiger partial charge in [0.2, 0.25) is 5.88 Å². The molecular weight excluding hydrogens is 927 g/mol. The number of aryl methyl sites for hydroxylation is 1. The molecule has 6 aromatic rings. The van der Waals surface area contributed by atoms with Crippen LogP contribution in [0.3, 0.4) is 0 Å². The molecule has 18 nitrogen and oxygen atoms in total. The Balaban J connectivity index is 0.840. The third kappa shape index (κ3) is 8.47. The minimum Gasteiger partial charge on any atom is -0.489 e. The van der Waals surface area contributed by atoms with E-state index in [2.05, 4.69) is 65.9 Å². The zero-order valence-electron chi connectivity index (χ0n) is 39.3. The monoisotopic (exact) mass is 981 g/mol. The van der Waals surface area contributed by atoms with E-state index in [0.717, 1.165) is 74.8 Å². The van der Waals surface area contributed by atoms with E-state index in [1.807, 2.05) is 36.4 Å². The molecule has 1 amide bonds. The molecule has 1 aliphatic carbocycles. The number of nitro groups is 1. The number of amides is 1. The third-order valence-corrected chi connectivity index (χ3v) is 16.9. The second-order valence-electron chi connectivity index (χ2n) is 19.8. The van der Waals surface area contributed by atoms with E-state index >= 15 is 0 Å². The summed E-state index contributed by atoms with van der Waals surface area (Å²) < 4.78 is 55.3. The number of benzene rings is 3. The van der Waals surface area contributed by atoms with E-state index in [9.17, 15) is 23.3 Å². The van der Waals surface area contributed by atoms with Crippen molar-refractivity contribution < 1.29 is 37.1 Å². The normalized spacial score (nSPS) is 23.1. The molecule has 1 saturated carbocycles. The number of nitrogens with zero attached hydrogens (tertiary/aromatic N) is 6. The lowest BCUT2D eigenvalue weighted by Gasteiger charge is -2.57. The topological polar surface area (TPSA) is 207 Å². The number of fused-ring (bicyclic) bond motifs is 4. The van der Waals surface area contributed by atoms with Crippen LogP contribution in [0.5, 0.6) is 11.6 Å². The van der Waals surface area contributed by atoms with Gasteiger partial charge in [0.25, 0.3) is 21.6 Å². The van der Waals surface area contributed by atoms with Crippen molar-refractivity contribution in [3.63, 3.8) is 0 Å². The first-order chi connectivity index (χ1) is 34.5. The van der Waals surface area contributed by atoms with Crippen LogP contribution in [0.4, 0.5) is 28.4 Å². The molecule has 71 heavy (non-hydrogen) atoms. The van der Waals surface area contributed by atoms with Crippen LogP contribution >= 0.6 is 0 Å². The number of morpholine rings is 1. The highest BCUT2D eigenvalue weighted by Gasteiger charge is 2.50. The largest absolute Gasteiger partial charge is 0.489 e. The molecule has 5 aliphatic heterocycles. The standard InChI is InChI=1S/C52H55N9O9S/c1-32-6-2-3-8-39(32)45-30-68-21-19-59(45)37-27-52(28-37)13-17-58(18-14-52)36-9-10-40(42(24-36)60-41-12-20-67-31-47(41)70-51-44(60)22-33-11-16-54-49(33)56-51)50(62)57-71(65,66)38-25-43(61(63)64)48-46(26-38)69-29-35(55-48)23-34-7-4-5-15-53-34/h2-11,15-16,22,24-26,35,37,41,45,47,55H,12-14,17-21,23,27-31H2,1H3,(H,54,56)(H,57,62)/t35-,41+,45+,47+/m1/s1. The van der Waals surface area contributed by atoms with Crippen LogP contribution < -0.4 is 29.3 Å². The highest BCUT2D eigenvalue weighted by Crippen LogP contribution is 2.54. The van der Waals surface area contributed by atoms with Crippen molar-refractivity contribution in [2.75, 3.05) is 67.8 Å². The number of piperidine rings is 1. The molecule has 3 aromatic heterocycles. The predicted octanol–water partition coefficient (Wildman–Crippen LogP) is 7.22. The van der Waals surface area contributed by atoms with Gasteiger partial charge < -0.3 is 39.0 Å². The van der Waals surface area contributed by atoms with Gasteiger partial charge in [-0.3, -0.25) is 24.8 Å². The van der Waals surface area contributed by atoms with Gasteiger partial charge in [-0.05, 0) is 98.0 Å². The number of nitro benzene ring substituents is 1. The van der Waals surface area contributed by atoms with Gasteiger partial charge in [0.15, 0.2) is 11.4 Å². The molecule has 0 bridgehead atoms. The molecule has 3 saturated heterocycles. The lowest BCUT2D eigenvalue weighted by Crippen LogP contribution is -2.58. The summed E-state index contributed by atoms with van der Waals surface area (Å²) in [7, 11) is -4.71.